The third-order valence-corrected chi connectivity index (χ3v) is 4.88. The first-order valence-corrected chi connectivity index (χ1v) is 7.92. The summed E-state index contributed by atoms with van der Waals surface area (Å²) in [5.41, 5.74) is 0.762. The van der Waals surface area contributed by atoms with Crippen LogP contribution in [-0.4, -0.2) is 43.1 Å². The van der Waals surface area contributed by atoms with Crippen molar-refractivity contribution in [3.8, 4) is 5.75 Å². The molecule has 1 saturated carbocycles. The smallest absolute Gasteiger partial charge is 0.254 e. The largest absolute Gasteiger partial charge is 0.497 e. The summed E-state index contributed by atoms with van der Waals surface area (Å²) in [6, 6.07) is 7.51. The number of nitrogens with one attached hydrogen (secondary N) is 1. The van der Waals surface area contributed by atoms with Gasteiger partial charge < -0.3 is 15.0 Å². The zero-order chi connectivity index (χ0) is 14.7. The van der Waals surface area contributed by atoms with Crippen LogP contribution in [0.2, 0.25) is 0 Å². The molecule has 4 heteroatoms. The van der Waals surface area contributed by atoms with Gasteiger partial charge >= 0.3 is 0 Å². The van der Waals surface area contributed by atoms with E-state index in [0.717, 1.165) is 43.8 Å². The lowest BCUT2D eigenvalue weighted by Gasteiger charge is -2.49. The molecular formula is C17H24N2O2. The summed E-state index contributed by atoms with van der Waals surface area (Å²) >= 11 is 0. The van der Waals surface area contributed by atoms with Gasteiger partial charge in [0.25, 0.3) is 5.91 Å². The monoisotopic (exact) mass is 288 g/mol. The van der Waals surface area contributed by atoms with Crippen LogP contribution in [0.25, 0.3) is 0 Å². The number of ether oxygens (including phenoxy) is 1. The zero-order valence-corrected chi connectivity index (χ0v) is 12.7. The molecule has 114 valence electrons. The molecule has 1 spiro atoms. The Balaban J connectivity index is 1.86. The first-order chi connectivity index (χ1) is 10.2. The second-order valence-electron chi connectivity index (χ2n) is 6.15. The second kappa shape index (κ2) is 6.06. The minimum absolute atomic E-state index is 0.0245. The highest BCUT2D eigenvalue weighted by Crippen LogP contribution is 2.35. The number of carbonyl (C=O) groups is 1. The Morgan fingerprint density at radius 2 is 2.10 bits per heavy atom. The van der Waals surface area contributed by atoms with Crippen LogP contribution in [-0.2, 0) is 0 Å². The number of carbonyl (C=O) groups excluding carboxylic acids is 1. The fraction of sp³-hybridized carbons (Fsp3) is 0.588. The molecule has 1 aromatic rings. The van der Waals surface area contributed by atoms with E-state index < -0.39 is 0 Å². The van der Waals surface area contributed by atoms with Crippen LogP contribution >= 0.6 is 0 Å². The molecule has 1 amide bonds. The van der Waals surface area contributed by atoms with Crippen molar-refractivity contribution in [3.05, 3.63) is 29.8 Å². The molecular weight excluding hydrogens is 264 g/mol. The summed E-state index contributed by atoms with van der Waals surface area (Å²) in [5, 5.41) is 3.49. The van der Waals surface area contributed by atoms with Crippen LogP contribution in [0.4, 0.5) is 0 Å². The van der Waals surface area contributed by atoms with Gasteiger partial charge in [-0.05, 0) is 31.0 Å². The number of benzene rings is 1. The zero-order valence-electron chi connectivity index (χ0n) is 12.7. The van der Waals surface area contributed by atoms with Gasteiger partial charge in [-0.1, -0.05) is 25.3 Å². The Bertz CT molecular complexity index is 501. The van der Waals surface area contributed by atoms with Crippen LogP contribution in [0.1, 0.15) is 42.5 Å². The number of rotatable bonds is 2. The average Bonchev–Trinajstić information content (AvgIpc) is 2.55. The predicted molar refractivity (Wildman–Crippen MR) is 82.7 cm³/mol. The Labute approximate surface area is 126 Å². The SMILES string of the molecule is COc1cccc(C(=O)N2CCNCC23CCCCC3)c1. The minimum atomic E-state index is 0.0245. The molecule has 0 atom stereocenters. The summed E-state index contributed by atoms with van der Waals surface area (Å²) in [6.07, 6.45) is 5.99. The van der Waals surface area contributed by atoms with Crippen molar-refractivity contribution in [1.82, 2.24) is 10.2 Å². The topological polar surface area (TPSA) is 41.6 Å². The molecule has 1 aromatic carbocycles. The maximum atomic E-state index is 13.0. The highest BCUT2D eigenvalue weighted by Gasteiger charge is 2.42. The first kappa shape index (κ1) is 14.4. The van der Waals surface area contributed by atoms with Gasteiger partial charge in [-0.2, -0.15) is 0 Å². The molecule has 1 aliphatic carbocycles. The normalized spacial score (nSPS) is 21.3. The van der Waals surface area contributed by atoms with E-state index in [1.54, 1.807) is 7.11 Å². The molecule has 0 aromatic heterocycles. The summed E-state index contributed by atoms with van der Waals surface area (Å²) in [6.45, 7) is 2.62. The predicted octanol–water partition coefficient (Wildman–Crippen LogP) is 2.44. The number of amides is 1. The summed E-state index contributed by atoms with van der Waals surface area (Å²) in [5.74, 6) is 0.894. The van der Waals surface area contributed by atoms with Crippen LogP contribution < -0.4 is 10.1 Å². The number of nitrogens with zero attached hydrogens (tertiary/aromatic N) is 1. The molecule has 1 aliphatic heterocycles. The van der Waals surface area contributed by atoms with Gasteiger partial charge in [0.05, 0.1) is 12.6 Å². The molecule has 2 aliphatic rings. The van der Waals surface area contributed by atoms with E-state index in [0.29, 0.717) is 0 Å². The lowest BCUT2D eigenvalue weighted by atomic mass is 9.78. The van der Waals surface area contributed by atoms with Crippen LogP contribution in [0, 0.1) is 0 Å². The van der Waals surface area contributed by atoms with Crippen molar-refractivity contribution >= 4 is 5.91 Å². The van der Waals surface area contributed by atoms with Gasteiger partial charge in [-0.3, -0.25) is 4.79 Å². The van der Waals surface area contributed by atoms with E-state index in [9.17, 15) is 4.79 Å². The lowest BCUT2D eigenvalue weighted by molar-refractivity contribution is 0.0222. The molecule has 3 rings (SSSR count). The van der Waals surface area contributed by atoms with E-state index in [4.69, 9.17) is 4.74 Å². The highest BCUT2D eigenvalue weighted by molar-refractivity contribution is 5.95. The third-order valence-electron chi connectivity index (χ3n) is 4.88. The maximum Gasteiger partial charge on any atom is 0.254 e. The molecule has 4 nitrogen and oxygen atoms in total. The van der Waals surface area contributed by atoms with Crippen molar-refractivity contribution in [2.24, 2.45) is 0 Å². The Morgan fingerprint density at radius 1 is 1.29 bits per heavy atom. The van der Waals surface area contributed by atoms with Crippen molar-refractivity contribution in [3.63, 3.8) is 0 Å². The van der Waals surface area contributed by atoms with Crippen molar-refractivity contribution < 1.29 is 9.53 Å². The summed E-state index contributed by atoms with van der Waals surface area (Å²) < 4.78 is 5.25. The number of piperazine rings is 1. The molecule has 0 radical (unpaired) electrons. The fourth-order valence-corrected chi connectivity index (χ4v) is 3.73. The van der Waals surface area contributed by atoms with Gasteiger partial charge in [-0.25, -0.2) is 0 Å². The van der Waals surface area contributed by atoms with E-state index in [2.05, 4.69) is 10.2 Å². The maximum absolute atomic E-state index is 13.0. The van der Waals surface area contributed by atoms with Gasteiger partial charge in [0.2, 0.25) is 0 Å². The molecule has 1 heterocycles. The van der Waals surface area contributed by atoms with E-state index in [-0.39, 0.29) is 11.4 Å². The van der Waals surface area contributed by atoms with E-state index in [1.807, 2.05) is 24.3 Å². The van der Waals surface area contributed by atoms with Crippen molar-refractivity contribution in [2.45, 2.75) is 37.6 Å². The number of hydrogen-bond donors (Lipinski definition) is 1. The van der Waals surface area contributed by atoms with Gasteiger partial charge in [-0.15, -0.1) is 0 Å². The molecule has 1 N–H and O–H groups in total. The Hall–Kier alpha value is -1.55. The number of methoxy groups -OCH3 is 1. The standard InChI is InChI=1S/C17H24N2O2/c1-21-15-7-5-6-14(12-15)16(20)19-11-10-18-13-17(19)8-3-2-4-9-17/h5-7,12,18H,2-4,8-11,13H2,1H3. The molecule has 1 saturated heterocycles. The van der Waals surface area contributed by atoms with Crippen LogP contribution in [0.5, 0.6) is 5.75 Å². The van der Waals surface area contributed by atoms with Gasteiger partial charge in [0.15, 0.2) is 0 Å². The van der Waals surface area contributed by atoms with Gasteiger partial charge in [0, 0.05) is 25.2 Å². The third kappa shape index (κ3) is 2.77. The average molecular weight is 288 g/mol. The van der Waals surface area contributed by atoms with Crippen LogP contribution in [0.15, 0.2) is 24.3 Å². The highest BCUT2D eigenvalue weighted by atomic mass is 16.5. The summed E-state index contributed by atoms with van der Waals surface area (Å²) in [4.78, 5) is 15.1. The van der Waals surface area contributed by atoms with E-state index in [1.165, 1.54) is 19.3 Å². The Kier molecular flexibility index (Phi) is 4.15. The molecule has 0 bridgehead atoms. The van der Waals surface area contributed by atoms with E-state index >= 15 is 0 Å². The molecule has 21 heavy (non-hydrogen) atoms. The van der Waals surface area contributed by atoms with Crippen molar-refractivity contribution in [2.75, 3.05) is 26.7 Å². The van der Waals surface area contributed by atoms with Gasteiger partial charge in [0.1, 0.15) is 5.75 Å². The number of hydrogen-bond acceptors (Lipinski definition) is 3. The Morgan fingerprint density at radius 3 is 2.86 bits per heavy atom. The first-order valence-electron chi connectivity index (χ1n) is 7.92. The minimum Gasteiger partial charge on any atom is -0.497 e. The van der Waals surface area contributed by atoms with Crippen molar-refractivity contribution in [1.29, 1.82) is 0 Å². The fourth-order valence-electron chi connectivity index (χ4n) is 3.73. The van der Waals surface area contributed by atoms with Crippen LogP contribution in [0.3, 0.4) is 0 Å². The lowest BCUT2D eigenvalue weighted by Crippen LogP contribution is -2.63. The molecule has 0 unspecified atom stereocenters. The molecule has 2 fully saturated rings. The second-order valence-corrected chi connectivity index (χ2v) is 6.15. The quantitative estimate of drug-likeness (QED) is 0.909. The summed E-state index contributed by atoms with van der Waals surface area (Å²) in [7, 11) is 1.64.